The Kier molecular flexibility index (Phi) is 6.55. The lowest BCUT2D eigenvalue weighted by Gasteiger charge is -2.29. The maximum Gasteiger partial charge on any atom is 0.137 e. The van der Waals surface area contributed by atoms with Gasteiger partial charge in [0.1, 0.15) is 11.2 Å². The highest BCUT2D eigenvalue weighted by atomic mass is 32.1. The van der Waals surface area contributed by atoms with E-state index in [1.165, 1.54) is 53.2 Å². The Hall–Kier alpha value is -6.36. The first-order chi connectivity index (χ1) is 25.8. The highest BCUT2D eigenvalue weighted by Crippen LogP contribution is 2.45. The van der Waals surface area contributed by atoms with Crippen LogP contribution >= 0.6 is 11.3 Å². The van der Waals surface area contributed by atoms with Gasteiger partial charge < -0.3 is 13.9 Å². The average Bonchev–Trinajstić information content (AvgIpc) is 3.88. The maximum atomic E-state index is 6.39. The average molecular weight is 685 g/mol. The third-order valence-corrected chi connectivity index (χ3v) is 11.9. The van der Waals surface area contributed by atoms with E-state index in [0.29, 0.717) is 0 Å². The molecule has 0 radical (unpaired) electrons. The highest BCUT2D eigenvalue weighted by molar-refractivity contribution is 7.25. The Balaban J connectivity index is 1.04. The van der Waals surface area contributed by atoms with Crippen LogP contribution in [-0.2, 0) is 0 Å². The van der Waals surface area contributed by atoms with E-state index in [0.717, 1.165) is 45.4 Å². The van der Waals surface area contributed by atoms with Crippen LogP contribution in [0.1, 0.15) is 17.9 Å². The molecule has 0 fully saturated rings. The molecule has 1 aliphatic rings. The molecule has 3 aromatic heterocycles. The van der Waals surface area contributed by atoms with Crippen molar-refractivity contribution in [3.8, 4) is 5.69 Å². The van der Waals surface area contributed by atoms with Gasteiger partial charge in [0, 0.05) is 59.3 Å². The molecule has 1 aliphatic carbocycles. The number of fused-ring (bicyclic) bond motifs is 9. The first-order valence-electron chi connectivity index (χ1n) is 17.9. The summed E-state index contributed by atoms with van der Waals surface area (Å²) in [5.74, 6) is 0.257. The SMILES string of the molecule is C1=CC(c2ccc3c4ccccc4n(-c4ccccc4)c3c2)CC=C1N(c1ccc2c(c1)sc1ccccc12)c1cccc2oc3ccccc3c12. The summed E-state index contributed by atoms with van der Waals surface area (Å²) in [4.78, 5) is 2.43. The molecule has 0 spiro atoms. The number of rotatable bonds is 5. The summed E-state index contributed by atoms with van der Waals surface area (Å²) in [6, 6.07) is 56.9. The number of para-hydroxylation sites is 3. The van der Waals surface area contributed by atoms with Gasteiger partial charge in [0.2, 0.25) is 0 Å². The summed E-state index contributed by atoms with van der Waals surface area (Å²) in [7, 11) is 0. The van der Waals surface area contributed by atoms with E-state index in [1.807, 2.05) is 17.4 Å². The van der Waals surface area contributed by atoms with Crippen molar-refractivity contribution < 1.29 is 4.42 Å². The van der Waals surface area contributed by atoms with Gasteiger partial charge in [-0.1, -0.05) is 109 Å². The Labute approximate surface area is 304 Å². The van der Waals surface area contributed by atoms with Crippen molar-refractivity contribution in [3.63, 3.8) is 0 Å². The second-order valence-corrected chi connectivity index (χ2v) is 14.7. The van der Waals surface area contributed by atoms with Gasteiger partial charge in [0.15, 0.2) is 0 Å². The van der Waals surface area contributed by atoms with Crippen LogP contribution in [0.5, 0.6) is 0 Å². The van der Waals surface area contributed by atoms with Crippen molar-refractivity contribution in [2.24, 2.45) is 0 Å². The lowest BCUT2D eigenvalue weighted by Crippen LogP contribution is -2.17. The lowest BCUT2D eigenvalue weighted by molar-refractivity contribution is 0.669. The van der Waals surface area contributed by atoms with Gasteiger partial charge in [-0.15, -0.1) is 11.3 Å². The monoisotopic (exact) mass is 684 g/mol. The minimum atomic E-state index is 0.257. The number of aromatic nitrogens is 1. The molecule has 0 bridgehead atoms. The number of nitrogens with zero attached hydrogens (tertiary/aromatic N) is 2. The van der Waals surface area contributed by atoms with Crippen molar-refractivity contribution in [2.45, 2.75) is 12.3 Å². The smallest absolute Gasteiger partial charge is 0.137 e. The van der Waals surface area contributed by atoms with E-state index in [1.54, 1.807) is 0 Å². The van der Waals surface area contributed by atoms with Gasteiger partial charge in [-0.25, -0.2) is 0 Å². The summed E-state index contributed by atoms with van der Waals surface area (Å²) < 4.78 is 11.4. The van der Waals surface area contributed by atoms with Crippen LogP contribution in [0, 0.1) is 0 Å². The molecule has 0 saturated carbocycles. The molecule has 52 heavy (non-hydrogen) atoms. The first-order valence-corrected chi connectivity index (χ1v) is 18.7. The molecule has 11 rings (SSSR count). The summed E-state index contributed by atoms with van der Waals surface area (Å²) in [6.07, 6.45) is 8.02. The van der Waals surface area contributed by atoms with Crippen LogP contribution in [0.15, 0.2) is 186 Å². The predicted molar refractivity (Wildman–Crippen MR) is 221 cm³/mol. The van der Waals surface area contributed by atoms with Crippen molar-refractivity contribution >= 4 is 86.6 Å². The van der Waals surface area contributed by atoms with Gasteiger partial charge in [0.05, 0.1) is 22.1 Å². The minimum Gasteiger partial charge on any atom is -0.456 e. The number of benzene rings is 7. The number of thiophene rings is 1. The standard InChI is InChI=1S/C48H32N2OS/c1-2-11-33(12-3-1)50-41-16-7-4-13-36(41)37-27-23-32(29-43(37)50)31-21-24-34(25-22-31)49(35-26-28-39-38-14-6-9-20-46(38)52-47(39)30-35)42-17-10-19-45-48(42)40-15-5-8-18-44(40)51-45/h1-21,23-31H,22H2. The minimum absolute atomic E-state index is 0.257. The number of anilines is 2. The fourth-order valence-corrected chi connectivity index (χ4v) is 9.46. The van der Waals surface area contributed by atoms with Crippen LogP contribution in [0.25, 0.3) is 69.6 Å². The zero-order valence-electron chi connectivity index (χ0n) is 28.2. The molecule has 0 N–H and O–H groups in total. The third-order valence-electron chi connectivity index (χ3n) is 10.7. The number of hydrogen-bond donors (Lipinski definition) is 0. The second kappa shape index (κ2) is 11.6. The topological polar surface area (TPSA) is 21.3 Å². The van der Waals surface area contributed by atoms with Gasteiger partial charge in [-0.2, -0.15) is 0 Å². The summed E-state index contributed by atoms with van der Waals surface area (Å²) in [5, 5.41) is 7.43. The lowest BCUT2D eigenvalue weighted by atomic mass is 9.90. The van der Waals surface area contributed by atoms with E-state index < -0.39 is 0 Å². The maximum absolute atomic E-state index is 6.39. The van der Waals surface area contributed by atoms with E-state index in [2.05, 4.69) is 179 Å². The van der Waals surface area contributed by atoms with Gasteiger partial charge in [-0.05, 0) is 78.7 Å². The van der Waals surface area contributed by atoms with Crippen molar-refractivity contribution in [2.75, 3.05) is 4.90 Å². The molecular weight excluding hydrogens is 653 g/mol. The van der Waals surface area contributed by atoms with Crippen LogP contribution in [0.3, 0.4) is 0 Å². The fourth-order valence-electron chi connectivity index (χ4n) is 8.32. The molecular formula is C48H32N2OS. The van der Waals surface area contributed by atoms with Gasteiger partial charge in [0.25, 0.3) is 0 Å². The van der Waals surface area contributed by atoms with Crippen LogP contribution in [-0.4, -0.2) is 4.57 Å². The van der Waals surface area contributed by atoms with Crippen LogP contribution < -0.4 is 4.90 Å². The second-order valence-electron chi connectivity index (χ2n) is 13.7. The summed E-state index contributed by atoms with van der Waals surface area (Å²) in [5.41, 5.74) is 10.2. The molecule has 0 amide bonds. The number of hydrogen-bond acceptors (Lipinski definition) is 3. The van der Waals surface area contributed by atoms with Gasteiger partial charge >= 0.3 is 0 Å². The molecule has 7 aromatic carbocycles. The van der Waals surface area contributed by atoms with Gasteiger partial charge in [-0.3, -0.25) is 0 Å². The van der Waals surface area contributed by atoms with E-state index in [9.17, 15) is 0 Å². The highest BCUT2D eigenvalue weighted by Gasteiger charge is 2.23. The quantitative estimate of drug-likeness (QED) is 0.180. The van der Waals surface area contributed by atoms with Crippen molar-refractivity contribution in [1.29, 1.82) is 0 Å². The van der Waals surface area contributed by atoms with Crippen LogP contribution in [0.4, 0.5) is 11.4 Å². The zero-order valence-corrected chi connectivity index (χ0v) is 29.1. The molecule has 10 aromatic rings. The normalized spacial score (nSPS) is 14.7. The van der Waals surface area contributed by atoms with Crippen molar-refractivity contribution in [1.82, 2.24) is 4.57 Å². The van der Waals surface area contributed by atoms with Crippen molar-refractivity contribution in [3.05, 3.63) is 187 Å². The van der Waals surface area contributed by atoms with E-state index >= 15 is 0 Å². The molecule has 0 aliphatic heterocycles. The molecule has 3 heterocycles. The molecule has 3 nitrogen and oxygen atoms in total. The Bertz CT molecular complexity index is 3070. The number of allylic oxidation sites excluding steroid dienone is 3. The Morgan fingerprint density at radius 1 is 0.577 bits per heavy atom. The molecule has 1 unspecified atom stereocenters. The Morgan fingerprint density at radius 2 is 1.31 bits per heavy atom. The summed E-state index contributed by atoms with van der Waals surface area (Å²) in [6.45, 7) is 0. The first kappa shape index (κ1) is 29.4. The largest absolute Gasteiger partial charge is 0.456 e. The third kappa shape index (κ3) is 4.51. The molecule has 246 valence electrons. The molecule has 0 saturated heterocycles. The summed E-state index contributed by atoms with van der Waals surface area (Å²) >= 11 is 1.86. The molecule has 4 heteroatoms. The fraction of sp³-hybridized carbons (Fsp3) is 0.0417. The van der Waals surface area contributed by atoms with E-state index in [-0.39, 0.29) is 5.92 Å². The Morgan fingerprint density at radius 3 is 2.19 bits per heavy atom. The predicted octanol–water partition coefficient (Wildman–Crippen LogP) is 13.8. The van der Waals surface area contributed by atoms with Crippen LogP contribution in [0.2, 0.25) is 0 Å². The molecule has 1 atom stereocenters. The van der Waals surface area contributed by atoms with E-state index in [4.69, 9.17) is 4.42 Å². The number of furan rings is 1. The zero-order chi connectivity index (χ0) is 34.2.